The summed E-state index contributed by atoms with van der Waals surface area (Å²) in [5.74, 6) is 1.37. The van der Waals surface area contributed by atoms with Gasteiger partial charge in [0, 0.05) is 0 Å². The van der Waals surface area contributed by atoms with E-state index in [1.54, 1.807) is 0 Å². The summed E-state index contributed by atoms with van der Waals surface area (Å²) in [6.07, 6.45) is 1.13. The zero-order chi connectivity index (χ0) is 10.6. The Labute approximate surface area is 91.0 Å². The van der Waals surface area contributed by atoms with Crippen LogP contribution in [0.2, 0.25) is 5.02 Å². The molecule has 14 heavy (non-hydrogen) atoms. The van der Waals surface area contributed by atoms with Crippen LogP contribution in [-0.4, -0.2) is 6.61 Å². The van der Waals surface area contributed by atoms with Gasteiger partial charge < -0.3 is 4.74 Å². The van der Waals surface area contributed by atoms with Crippen molar-refractivity contribution in [2.24, 2.45) is 5.92 Å². The SMILES string of the molecule is CCC(C)COc1cccc(C)c1Cl. The van der Waals surface area contributed by atoms with Crippen LogP contribution < -0.4 is 4.74 Å². The molecule has 0 radical (unpaired) electrons. The van der Waals surface area contributed by atoms with E-state index in [1.165, 1.54) is 0 Å². The van der Waals surface area contributed by atoms with Gasteiger partial charge in [-0.1, -0.05) is 44.0 Å². The van der Waals surface area contributed by atoms with Gasteiger partial charge in [-0.05, 0) is 24.5 Å². The Balaban J connectivity index is 2.63. The summed E-state index contributed by atoms with van der Waals surface area (Å²) >= 11 is 6.09. The number of rotatable bonds is 4. The van der Waals surface area contributed by atoms with Crippen molar-refractivity contribution in [2.45, 2.75) is 27.2 Å². The topological polar surface area (TPSA) is 9.23 Å². The van der Waals surface area contributed by atoms with Gasteiger partial charge in [-0.25, -0.2) is 0 Å². The van der Waals surface area contributed by atoms with Gasteiger partial charge in [0.15, 0.2) is 0 Å². The zero-order valence-electron chi connectivity index (χ0n) is 9.01. The second kappa shape index (κ2) is 5.26. The van der Waals surface area contributed by atoms with Gasteiger partial charge >= 0.3 is 0 Å². The number of hydrogen-bond acceptors (Lipinski definition) is 1. The Morgan fingerprint density at radius 2 is 2.14 bits per heavy atom. The van der Waals surface area contributed by atoms with Gasteiger partial charge in [-0.3, -0.25) is 0 Å². The summed E-state index contributed by atoms with van der Waals surface area (Å²) in [5, 5.41) is 0.732. The van der Waals surface area contributed by atoms with Crippen LogP contribution in [0.15, 0.2) is 18.2 Å². The third-order valence-corrected chi connectivity index (χ3v) is 2.86. The van der Waals surface area contributed by atoms with Crippen molar-refractivity contribution in [2.75, 3.05) is 6.61 Å². The Morgan fingerprint density at radius 1 is 1.43 bits per heavy atom. The van der Waals surface area contributed by atoms with Crippen LogP contribution in [0.3, 0.4) is 0 Å². The maximum atomic E-state index is 6.09. The molecule has 0 aliphatic rings. The highest BCUT2D eigenvalue weighted by Crippen LogP contribution is 2.27. The average molecular weight is 213 g/mol. The quantitative estimate of drug-likeness (QED) is 0.731. The van der Waals surface area contributed by atoms with Crippen molar-refractivity contribution < 1.29 is 4.74 Å². The van der Waals surface area contributed by atoms with E-state index in [1.807, 2.05) is 25.1 Å². The highest BCUT2D eigenvalue weighted by molar-refractivity contribution is 6.32. The number of aryl methyl sites for hydroxylation is 1. The largest absolute Gasteiger partial charge is 0.492 e. The van der Waals surface area contributed by atoms with Crippen LogP contribution in [0.1, 0.15) is 25.8 Å². The lowest BCUT2D eigenvalue weighted by molar-refractivity contribution is 0.256. The van der Waals surface area contributed by atoms with E-state index in [0.717, 1.165) is 29.4 Å². The molecule has 1 nitrogen and oxygen atoms in total. The molecule has 0 bridgehead atoms. The fourth-order valence-corrected chi connectivity index (χ4v) is 1.26. The number of ether oxygens (including phenoxy) is 1. The van der Waals surface area contributed by atoms with Crippen LogP contribution in [0.25, 0.3) is 0 Å². The smallest absolute Gasteiger partial charge is 0.138 e. The molecule has 1 aromatic carbocycles. The molecule has 0 aliphatic carbocycles. The lowest BCUT2D eigenvalue weighted by Crippen LogP contribution is -2.07. The molecule has 0 spiro atoms. The predicted molar refractivity (Wildman–Crippen MR) is 61.1 cm³/mol. The number of halogens is 1. The van der Waals surface area contributed by atoms with Crippen molar-refractivity contribution in [3.8, 4) is 5.75 Å². The zero-order valence-corrected chi connectivity index (χ0v) is 9.77. The summed E-state index contributed by atoms with van der Waals surface area (Å²) in [6, 6.07) is 5.86. The second-order valence-corrected chi connectivity index (χ2v) is 4.09. The van der Waals surface area contributed by atoms with E-state index >= 15 is 0 Å². The van der Waals surface area contributed by atoms with E-state index in [0.29, 0.717) is 5.92 Å². The fourth-order valence-electron chi connectivity index (χ4n) is 1.08. The summed E-state index contributed by atoms with van der Waals surface area (Å²) in [5.41, 5.74) is 1.06. The predicted octanol–water partition coefficient (Wildman–Crippen LogP) is 4.07. The average Bonchev–Trinajstić information content (AvgIpc) is 2.20. The lowest BCUT2D eigenvalue weighted by Gasteiger charge is -2.12. The normalized spacial score (nSPS) is 12.6. The van der Waals surface area contributed by atoms with Crippen molar-refractivity contribution in [3.05, 3.63) is 28.8 Å². The van der Waals surface area contributed by atoms with Gasteiger partial charge in [0.1, 0.15) is 5.75 Å². The molecule has 1 rings (SSSR count). The standard InChI is InChI=1S/C12H17ClO/c1-4-9(2)8-14-11-7-5-6-10(3)12(11)13/h5-7,9H,4,8H2,1-3H3. The first kappa shape index (κ1) is 11.4. The molecular weight excluding hydrogens is 196 g/mol. The van der Waals surface area contributed by atoms with Gasteiger partial charge in [-0.15, -0.1) is 0 Å². The van der Waals surface area contributed by atoms with Crippen LogP contribution in [0, 0.1) is 12.8 Å². The summed E-state index contributed by atoms with van der Waals surface area (Å²) < 4.78 is 5.64. The molecule has 78 valence electrons. The first-order valence-corrected chi connectivity index (χ1v) is 5.40. The third kappa shape index (κ3) is 2.91. The first-order valence-electron chi connectivity index (χ1n) is 5.03. The third-order valence-electron chi connectivity index (χ3n) is 2.38. The molecule has 1 aromatic rings. The Hall–Kier alpha value is -0.690. The molecule has 0 saturated carbocycles. The van der Waals surface area contributed by atoms with Crippen LogP contribution >= 0.6 is 11.6 Å². The molecule has 0 aromatic heterocycles. The molecule has 0 heterocycles. The molecule has 0 saturated heterocycles. The molecule has 1 unspecified atom stereocenters. The Kier molecular flexibility index (Phi) is 4.27. The highest BCUT2D eigenvalue weighted by Gasteiger charge is 2.05. The van der Waals surface area contributed by atoms with Crippen LogP contribution in [0.5, 0.6) is 5.75 Å². The lowest BCUT2D eigenvalue weighted by atomic mass is 10.1. The Bertz CT molecular complexity index is 296. The number of hydrogen-bond donors (Lipinski definition) is 0. The van der Waals surface area contributed by atoms with E-state index in [2.05, 4.69) is 13.8 Å². The minimum Gasteiger partial charge on any atom is -0.492 e. The van der Waals surface area contributed by atoms with Gasteiger partial charge in [-0.2, -0.15) is 0 Å². The van der Waals surface area contributed by atoms with Gasteiger partial charge in [0.05, 0.1) is 11.6 Å². The minimum atomic E-state index is 0.576. The van der Waals surface area contributed by atoms with Crippen LogP contribution in [-0.2, 0) is 0 Å². The molecule has 1 atom stereocenters. The van der Waals surface area contributed by atoms with E-state index in [-0.39, 0.29) is 0 Å². The van der Waals surface area contributed by atoms with E-state index in [4.69, 9.17) is 16.3 Å². The summed E-state index contributed by atoms with van der Waals surface area (Å²) in [7, 11) is 0. The summed E-state index contributed by atoms with van der Waals surface area (Å²) in [6.45, 7) is 7.05. The van der Waals surface area contributed by atoms with Crippen molar-refractivity contribution in [1.29, 1.82) is 0 Å². The Morgan fingerprint density at radius 3 is 2.79 bits per heavy atom. The van der Waals surface area contributed by atoms with Gasteiger partial charge in [0.25, 0.3) is 0 Å². The molecule has 0 amide bonds. The molecule has 0 aliphatic heterocycles. The highest BCUT2D eigenvalue weighted by atomic mass is 35.5. The molecule has 0 N–H and O–H groups in total. The molecule has 0 fully saturated rings. The van der Waals surface area contributed by atoms with E-state index in [9.17, 15) is 0 Å². The first-order chi connectivity index (χ1) is 6.65. The minimum absolute atomic E-state index is 0.576. The molecule has 2 heteroatoms. The number of benzene rings is 1. The van der Waals surface area contributed by atoms with Crippen LogP contribution in [0.4, 0.5) is 0 Å². The second-order valence-electron chi connectivity index (χ2n) is 3.71. The maximum absolute atomic E-state index is 6.09. The van der Waals surface area contributed by atoms with Crippen molar-refractivity contribution in [3.63, 3.8) is 0 Å². The monoisotopic (exact) mass is 212 g/mol. The van der Waals surface area contributed by atoms with Gasteiger partial charge in [0.2, 0.25) is 0 Å². The summed E-state index contributed by atoms with van der Waals surface area (Å²) in [4.78, 5) is 0. The van der Waals surface area contributed by atoms with E-state index < -0.39 is 0 Å². The van der Waals surface area contributed by atoms with Crippen molar-refractivity contribution in [1.82, 2.24) is 0 Å². The maximum Gasteiger partial charge on any atom is 0.138 e. The molecular formula is C12H17ClO. The van der Waals surface area contributed by atoms with Crippen molar-refractivity contribution >= 4 is 11.6 Å². The fraction of sp³-hybridized carbons (Fsp3) is 0.500.